The Hall–Kier alpha value is -1.02. The number of benzene rings is 1. The van der Waals surface area contributed by atoms with Gasteiger partial charge < -0.3 is 20.3 Å². The predicted molar refractivity (Wildman–Crippen MR) is 96.6 cm³/mol. The van der Waals surface area contributed by atoms with E-state index in [1.165, 1.54) is 11.3 Å². The van der Waals surface area contributed by atoms with Crippen molar-refractivity contribution in [2.75, 3.05) is 37.7 Å². The van der Waals surface area contributed by atoms with Gasteiger partial charge in [0, 0.05) is 31.4 Å². The Morgan fingerprint density at radius 2 is 2.10 bits per heavy atom. The van der Waals surface area contributed by atoms with Crippen LogP contribution in [0.2, 0.25) is 0 Å². The SMILES string of the molecule is CC1CN=C(NCc2ccccc2N2CCOCC2)N1.I. The molecule has 1 fully saturated rings. The highest BCUT2D eigenvalue weighted by molar-refractivity contribution is 14.0. The number of guanidine groups is 1. The van der Waals surface area contributed by atoms with Gasteiger partial charge in [0.05, 0.1) is 19.8 Å². The summed E-state index contributed by atoms with van der Waals surface area (Å²) in [6, 6.07) is 8.99. The van der Waals surface area contributed by atoms with Crippen LogP contribution in [-0.4, -0.2) is 44.8 Å². The van der Waals surface area contributed by atoms with Crippen LogP contribution >= 0.6 is 24.0 Å². The maximum atomic E-state index is 5.43. The second kappa shape index (κ2) is 7.84. The van der Waals surface area contributed by atoms with Gasteiger partial charge in [0.2, 0.25) is 0 Å². The summed E-state index contributed by atoms with van der Waals surface area (Å²) >= 11 is 0. The van der Waals surface area contributed by atoms with Crippen LogP contribution < -0.4 is 15.5 Å². The Labute approximate surface area is 143 Å². The van der Waals surface area contributed by atoms with Crippen molar-refractivity contribution < 1.29 is 4.74 Å². The highest BCUT2D eigenvalue weighted by Crippen LogP contribution is 2.21. The average Bonchev–Trinajstić information content (AvgIpc) is 2.92. The zero-order chi connectivity index (χ0) is 13.8. The third-order valence-corrected chi connectivity index (χ3v) is 3.70. The topological polar surface area (TPSA) is 48.9 Å². The van der Waals surface area contributed by atoms with Crippen LogP contribution in [0.5, 0.6) is 0 Å². The Morgan fingerprint density at radius 1 is 1.33 bits per heavy atom. The molecule has 0 aromatic heterocycles. The van der Waals surface area contributed by atoms with Crippen LogP contribution in [0.15, 0.2) is 29.3 Å². The number of halogens is 1. The fourth-order valence-electron chi connectivity index (χ4n) is 2.61. The normalized spacial score (nSPS) is 21.3. The van der Waals surface area contributed by atoms with Gasteiger partial charge in [-0.15, -0.1) is 24.0 Å². The first kappa shape index (κ1) is 16.4. The van der Waals surface area contributed by atoms with Gasteiger partial charge in [-0.25, -0.2) is 0 Å². The Kier molecular flexibility index (Phi) is 6.10. The summed E-state index contributed by atoms with van der Waals surface area (Å²) in [6.45, 7) is 7.35. The van der Waals surface area contributed by atoms with Crippen LogP contribution in [0.25, 0.3) is 0 Å². The highest BCUT2D eigenvalue weighted by atomic mass is 127. The van der Waals surface area contributed by atoms with Gasteiger partial charge in [-0.2, -0.15) is 0 Å². The molecule has 1 unspecified atom stereocenters. The van der Waals surface area contributed by atoms with E-state index in [9.17, 15) is 0 Å². The van der Waals surface area contributed by atoms with E-state index in [0.29, 0.717) is 6.04 Å². The standard InChI is InChI=1S/C15H22N4O.HI/c1-12-10-16-15(18-12)17-11-13-4-2-3-5-14(13)19-6-8-20-9-7-19;/h2-5,12H,6-11H2,1H3,(H2,16,17,18);1H. The van der Waals surface area contributed by atoms with E-state index in [0.717, 1.165) is 45.4 Å². The summed E-state index contributed by atoms with van der Waals surface area (Å²) in [5.41, 5.74) is 2.60. The molecule has 0 spiro atoms. The zero-order valence-electron chi connectivity index (χ0n) is 12.3. The second-order valence-electron chi connectivity index (χ2n) is 5.32. The summed E-state index contributed by atoms with van der Waals surface area (Å²) in [4.78, 5) is 6.83. The number of nitrogens with zero attached hydrogens (tertiary/aromatic N) is 2. The molecule has 0 aliphatic carbocycles. The summed E-state index contributed by atoms with van der Waals surface area (Å²) in [7, 11) is 0. The van der Waals surface area contributed by atoms with Crippen LogP contribution in [0.4, 0.5) is 5.69 Å². The molecule has 0 amide bonds. The number of aliphatic imine (C=N–C) groups is 1. The molecule has 2 heterocycles. The highest BCUT2D eigenvalue weighted by Gasteiger charge is 2.16. The molecule has 5 nitrogen and oxygen atoms in total. The molecule has 21 heavy (non-hydrogen) atoms. The molecule has 116 valence electrons. The fraction of sp³-hybridized carbons (Fsp3) is 0.533. The first-order valence-corrected chi connectivity index (χ1v) is 7.28. The molecule has 1 saturated heterocycles. The molecular weight excluding hydrogens is 379 g/mol. The van der Waals surface area contributed by atoms with Crippen LogP contribution in [-0.2, 0) is 11.3 Å². The van der Waals surface area contributed by atoms with E-state index in [2.05, 4.69) is 51.7 Å². The molecule has 2 aliphatic rings. The number of rotatable bonds is 3. The van der Waals surface area contributed by atoms with Gasteiger partial charge in [0.25, 0.3) is 0 Å². The number of morpholine rings is 1. The third-order valence-electron chi connectivity index (χ3n) is 3.70. The van der Waals surface area contributed by atoms with E-state index >= 15 is 0 Å². The van der Waals surface area contributed by atoms with Gasteiger partial charge in [0.15, 0.2) is 5.96 Å². The van der Waals surface area contributed by atoms with Crippen molar-refractivity contribution >= 4 is 35.6 Å². The number of ether oxygens (including phenoxy) is 1. The number of anilines is 1. The summed E-state index contributed by atoms with van der Waals surface area (Å²) in [5.74, 6) is 0.911. The first-order valence-electron chi connectivity index (χ1n) is 7.28. The Morgan fingerprint density at radius 3 is 2.81 bits per heavy atom. The lowest BCUT2D eigenvalue weighted by molar-refractivity contribution is 0.122. The molecule has 1 aromatic rings. The fourth-order valence-corrected chi connectivity index (χ4v) is 2.61. The van der Waals surface area contributed by atoms with Gasteiger partial charge in [0.1, 0.15) is 0 Å². The minimum atomic E-state index is 0. The van der Waals surface area contributed by atoms with E-state index in [1.807, 2.05) is 0 Å². The maximum Gasteiger partial charge on any atom is 0.191 e. The maximum absolute atomic E-state index is 5.43. The quantitative estimate of drug-likeness (QED) is 0.754. The lowest BCUT2D eigenvalue weighted by Crippen LogP contribution is -2.39. The monoisotopic (exact) mass is 402 g/mol. The van der Waals surface area contributed by atoms with Crippen molar-refractivity contribution in [1.82, 2.24) is 10.6 Å². The lowest BCUT2D eigenvalue weighted by Gasteiger charge is -2.30. The Balaban J connectivity index is 0.00000161. The van der Waals surface area contributed by atoms with E-state index in [-0.39, 0.29) is 24.0 Å². The van der Waals surface area contributed by atoms with Crippen molar-refractivity contribution in [1.29, 1.82) is 0 Å². The molecule has 2 N–H and O–H groups in total. The molecule has 3 rings (SSSR count). The molecule has 0 bridgehead atoms. The first-order chi connectivity index (χ1) is 9.83. The van der Waals surface area contributed by atoms with E-state index in [1.54, 1.807) is 0 Å². The van der Waals surface area contributed by atoms with Crippen molar-refractivity contribution in [3.8, 4) is 0 Å². The zero-order valence-corrected chi connectivity index (χ0v) is 14.7. The van der Waals surface area contributed by atoms with Crippen LogP contribution in [0.3, 0.4) is 0 Å². The second-order valence-corrected chi connectivity index (χ2v) is 5.32. The smallest absolute Gasteiger partial charge is 0.191 e. The third kappa shape index (κ3) is 4.23. The lowest BCUT2D eigenvalue weighted by atomic mass is 10.1. The summed E-state index contributed by atoms with van der Waals surface area (Å²) in [5, 5.41) is 6.72. The van der Waals surface area contributed by atoms with Gasteiger partial charge in [-0.05, 0) is 18.6 Å². The van der Waals surface area contributed by atoms with Gasteiger partial charge in [-0.3, -0.25) is 4.99 Å². The van der Waals surface area contributed by atoms with Gasteiger partial charge >= 0.3 is 0 Å². The molecule has 2 aliphatic heterocycles. The number of nitrogens with one attached hydrogen (secondary N) is 2. The molecule has 0 saturated carbocycles. The minimum absolute atomic E-state index is 0. The van der Waals surface area contributed by atoms with Crippen LogP contribution in [0.1, 0.15) is 12.5 Å². The summed E-state index contributed by atoms with van der Waals surface area (Å²) in [6.07, 6.45) is 0. The van der Waals surface area contributed by atoms with Crippen molar-refractivity contribution in [2.45, 2.75) is 19.5 Å². The van der Waals surface area contributed by atoms with Crippen molar-refractivity contribution in [3.63, 3.8) is 0 Å². The Bertz CT molecular complexity index is 488. The molecule has 0 radical (unpaired) electrons. The van der Waals surface area contributed by atoms with E-state index in [4.69, 9.17) is 4.74 Å². The largest absolute Gasteiger partial charge is 0.378 e. The molecule has 1 aromatic carbocycles. The average molecular weight is 402 g/mol. The molecular formula is C15H23IN4O. The van der Waals surface area contributed by atoms with E-state index < -0.39 is 0 Å². The molecule has 6 heteroatoms. The van der Waals surface area contributed by atoms with Crippen molar-refractivity contribution in [2.24, 2.45) is 4.99 Å². The van der Waals surface area contributed by atoms with Crippen molar-refractivity contribution in [3.05, 3.63) is 29.8 Å². The predicted octanol–water partition coefficient (Wildman–Crippen LogP) is 1.58. The number of hydrogen-bond donors (Lipinski definition) is 2. The summed E-state index contributed by atoms with van der Waals surface area (Å²) < 4.78 is 5.43. The van der Waals surface area contributed by atoms with Gasteiger partial charge in [-0.1, -0.05) is 18.2 Å². The van der Waals surface area contributed by atoms with Crippen LogP contribution in [0, 0.1) is 0 Å². The number of hydrogen-bond acceptors (Lipinski definition) is 5. The number of para-hydroxylation sites is 1. The minimum Gasteiger partial charge on any atom is -0.378 e. The molecule has 1 atom stereocenters.